The first kappa shape index (κ1) is 16.6. The third-order valence-corrected chi connectivity index (χ3v) is 3.42. The number of rotatable bonds is 8. The summed E-state index contributed by atoms with van der Waals surface area (Å²) in [7, 11) is 0. The van der Waals surface area contributed by atoms with Crippen molar-refractivity contribution < 1.29 is 4.39 Å². The van der Waals surface area contributed by atoms with Crippen LogP contribution in [0.3, 0.4) is 0 Å². The molecule has 1 aromatic carbocycles. The number of guanidine groups is 1. The highest BCUT2D eigenvalue weighted by atomic mass is 32.2. The van der Waals surface area contributed by atoms with Gasteiger partial charge in [0.05, 0.1) is 6.54 Å². The second-order valence-electron chi connectivity index (χ2n) is 4.11. The lowest BCUT2D eigenvalue weighted by atomic mass is 10.2. The van der Waals surface area contributed by atoms with Crippen LogP contribution in [-0.2, 0) is 6.54 Å². The largest absolute Gasteiger partial charge is 0.357 e. The monoisotopic (exact) mass is 295 g/mol. The number of thioether (sulfide) groups is 1. The van der Waals surface area contributed by atoms with E-state index < -0.39 is 0 Å². The first-order valence-corrected chi connectivity index (χ1v) is 7.87. The summed E-state index contributed by atoms with van der Waals surface area (Å²) in [6, 6.07) is 6.42. The number of benzene rings is 1. The van der Waals surface area contributed by atoms with Gasteiger partial charge in [0.15, 0.2) is 5.96 Å². The fourth-order valence-corrected chi connectivity index (χ4v) is 2.09. The molecule has 5 heteroatoms. The van der Waals surface area contributed by atoms with Crippen molar-refractivity contribution in [2.45, 2.75) is 13.5 Å². The normalized spacial score (nSPS) is 11.2. The molecular formula is C15H22FN3S. The van der Waals surface area contributed by atoms with Crippen LogP contribution in [0.25, 0.3) is 0 Å². The van der Waals surface area contributed by atoms with Gasteiger partial charge in [-0.2, -0.15) is 11.8 Å². The second-order valence-corrected chi connectivity index (χ2v) is 5.26. The predicted octanol–water partition coefficient (Wildman–Crippen LogP) is 2.80. The minimum Gasteiger partial charge on any atom is -0.357 e. The average Bonchev–Trinajstić information content (AvgIpc) is 2.46. The Kier molecular flexibility index (Phi) is 8.54. The summed E-state index contributed by atoms with van der Waals surface area (Å²) in [4.78, 5) is 4.47. The van der Waals surface area contributed by atoms with E-state index in [-0.39, 0.29) is 5.82 Å². The van der Waals surface area contributed by atoms with E-state index in [1.54, 1.807) is 12.1 Å². The van der Waals surface area contributed by atoms with E-state index in [0.29, 0.717) is 6.54 Å². The standard InChI is InChI=1S/C15H22FN3S/c1-3-10-20-11-9-18-15(17-4-2)19-12-13-5-7-14(16)8-6-13/h3,5-8H,1,4,9-12H2,2H3,(H2,17,18,19). The average molecular weight is 295 g/mol. The zero-order valence-electron chi connectivity index (χ0n) is 11.9. The summed E-state index contributed by atoms with van der Waals surface area (Å²) in [5.74, 6) is 2.54. The summed E-state index contributed by atoms with van der Waals surface area (Å²) < 4.78 is 12.8. The molecule has 0 aliphatic heterocycles. The van der Waals surface area contributed by atoms with Gasteiger partial charge in [-0.15, -0.1) is 6.58 Å². The Labute approximate surface area is 124 Å². The smallest absolute Gasteiger partial charge is 0.191 e. The Morgan fingerprint density at radius 3 is 2.75 bits per heavy atom. The van der Waals surface area contributed by atoms with Crippen LogP contribution >= 0.6 is 11.8 Å². The van der Waals surface area contributed by atoms with E-state index in [0.717, 1.165) is 36.1 Å². The summed E-state index contributed by atoms with van der Waals surface area (Å²) >= 11 is 1.82. The highest BCUT2D eigenvalue weighted by molar-refractivity contribution is 7.99. The lowest BCUT2D eigenvalue weighted by molar-refractivity contribution is 0.627. The Hall–Kier alpha value is -1.49. The van der Waals surface area contributed by atoms with E-state index in [1.807, 2.05) is 24.8 Å². The van der Waals surface area contributed by atoms with Gasteiger partial charge in [-0.05, 0) is 24.6 Å². The molecule has 0 saturated carbocycles. The topological polar surface area (TPSA) is 36.4 Å². The Bertz CT molecular complexity index is 418. The molecule has 0 heterocycles. The molecule has 110 valence electrons. The minimum absolute atomic E-state index is 0.220. The second kappa shape index (κ2) is 10.3. The van der Waals surface area contributed by atoms with E-state index in [2.05, 4.69) is 22.2 Å². The Balaban J connectivity index is 2.41. The molecule has 2 N–H and O–H groups in total. The number of nitrogens with zero attached hydrogens (tertiary/aromatic N) is 1. The molecule has 1 rings (SSSR count). The molecule has 0 aliphatic carbocycles. The van der Waals surface area contributed by atoms with Gasteiger partial charge >= 0.3 is 0 Å². The quantitative estimate of drug-likeness (QED) is 0.335. The lowest BCUT2D eigenvalue weighted by Gasteiger charge is -2.10. The van der Waals surface area contributed by atoms with Crippen LogP contribution in [0.4, 0.5) is 4.39 Å². The van der Waals surface area contributed by atoms with Gasteiger partial charge in [0.25, 0.3) is 0 Å². The van der Waals surface area contributed by atoms with Crippen molar-refractivity contribution in [2.24, 2.45) is 4.99 Å². The molecule has 0 fully saturated rings. The van der Waals surface area contributed by atoms with Crippen molar-refractivity contribution in [1.29, 1.82) is 0 Å². The molecule has 3 nitrogen and oxygen atoms in total. The number of hydrogen-bond acceptors (Lipinski definition) is 2. The number of nitrogens with one attached hydrogen (secondary N) is 2. The van der Waals surface area contributed by atoms with Crippen LogP contribution in [0.1, 0.15) is 12.5 Å². The van der Waals surface area contributed by atoms with Crippen LogP contribution in [0.5, 0.6) is 0 Å². The molecule has 0 saturated heterocycles. The van der Waals surface area contributed by atoms with Crippen molar-refractivity contribution in [3.63, 3.8) is 0 Å². The maximum Gasteiger partial charge on any atom is 0.191 e. The van der Waals surface area contributed by atoms with E-state index in [9.17, 15) is 4.39 Å². The predicted molar refractivity (Wildman–Crippen MR) is 86.7 cm³/mol. The maximum absolute atomic E-state index is 12.8. The number of halogens is 1. The molecule has 0 amide bonds. The maximum atomic E-state index is 12.8. The lowest BCUT2D eigenvalue weighted by Crippen LogP contribution is -2.38. The molecule has 0 unspecified atom stereocenters. The third-order valence-electron chi connectivity index (χ3n) is 2.45. The van der Waals surface area contributed by atoms with Crippen molar-refractivity contribution in [1.82, 2.24) is 10.6 Å². The molecule has 0 spiro atoms. The summed E-state index contributed by atoms with van der Waals surface area (Å²) in [6.45, 7) is 7.92. The van der Waals surface area contributed by atoms with Crippen LogP contribution in [0.15, 0.2) is 41.9 Å². The van der Waals surface area contributed by atoms with Gasteiger partial charge in [0, 0.05) is 24.6 Å². The first-order valence-electron chi connectivity index (χ1n) is 6.71. The molecular weight excluding hydrogens is 273 g/mol. The molecule has 0 radical (unpaired) electrons. The van der Waals surface area contributed by atoms with Crippen LogP contribution < -0.4 is 10.6 Å². The van der Waals surface area contributed by atoms with Gasteiger partial charge in [0.1, 0.15) is 5.82 Å². The fraction of sp³-hybridized carbons (Fsp3) is 0.400. The minimum atomic E-state index is -0.220. The zero-order chi connectivity index (χ0) is 14.6. The van der Waals surface area contributed by atoms with Gasteiger partial charge < -0.3 is 10.6 Å². The first-order chi connectivity index (χ1) is 9.76. The fourth-order valence-electron chi connectivity index (χ4n) is 1.51. The Morgan fingerprint density at radius 1 is 1.35 bits per heavy atom. The highest BCUT2D eigenvalue weighted by Crippen LogP contribution is 2.03. The number of hydrogen-bond donors (Lipinski definition) is 2. The van der Waals surface area contributed by atoms with E-state index in [1.165, 1.54) is 12.1 Å². The summed E-state index contributed by atoms with van der Waals surface area (Å²) in [5, 5.41) is 6.46. The van der Waals surface area contributed by atoms with Crippen LogP contribution in [-0.4, -0.2) is 30.6 Å². The van der Waals surface area contributed by atoms with Crippen molar-refractivity contribution in [3.05, 3.63) is 48.3 Å². The van der Waals surface area contributed by atoms with Crippen LogP contribution in [0, 0.1) is 5.82 Å². The van der Waals surface area contributed by atoms with Crippen molar-refractivity contribution >= 4 is 17.7 Å². The molecule has 0 bridgehead atoms. The summed E-state index contributed by atoms with van der Waals surface area (Å²) in [5.41, 5.74) is 0.990. The van der Waals surface area contributed by atoms with Gasteiger partial charge in [-0.25, -0.2) is 9.38 Å². The van der Waals surface area contributed by atoms with Crippen LogP contribution in [0.2, 0.25) is 0 Å². The molecule has 1 aromatic rings. The molecule has 0 aromatic heterocycles. The van der Waals surface area contributed by atoms with Gasteiger partial charge in [-0.3, -0.25) is 0 Å². The highest BCUT2D eigenvalue weighted by Gasteiger charge is 1.97. The Morgan fingerprint density at radius 2 is 2.10 bits per heavy atom. The van der Waals surface area contributed by atoms with E-state index >= 15 is 0 Å². The SMILES string of the molecule is C=CCSCCNC(=NCc1ccc(F)cc1)NCC. The van der Waals surface area contributed by atoms with Gasteiger partial charge in [0.2, 0.25) is 0 Å². The third kappa shape index (κ3) is 7.19. The number of aliphatic imine (C=N–C) groups is 1. The van der Waals surface area contributed by atoms with Crippen molar-refractivity contribution in [2.75, 3.05) is 24.6 Å². The molecule has 0 atom stereocenters. The van der Waals surface area contributed by atoms with E-state index in [4.69, 9.17) is 0 Å². The molecule has 0 aliphatic rings. The molecule has 20 heavy (non-hydrogen) atoms. The van der Waals surface area contributed by atoms with Crippen molar-refractivity contribution in [3.8, 4) is 0 Å². The summed E-state index contributed by atoms with van der Waals surface area (Å²) in [6.07, 6.45) is 1.90. The van der Waals surface area contributed by atoms with Gasteiger partial charge in [-0.1, -0.05) is 18.2 Å². The zero-order valence-corrected chi connectivity index (χ0v) is 12.7.